The first kappa shape index (κ1) is 31.8. The number of aromatic nitrogens is 2. The molecule has 1 amide bonds. The van der Waals surface area contributed by atoms with Gasteiger partial charge in [-0.05, 0) is 30.7 Å². The molecule has 3 aliphatic rings. The number of halogens is 3. The second-order valence-electron chi connectivity index (χ2n) is 12.6. The number of hydrogen-bond acceptors (Lipinski definition) is 8. The summed E-state index contributed by atoms with van der Waals surface area (Å²) < 4.78 is 21.3. The van der Waals surface area contributed by atoms with Gasteiger partial charge in [0.1, 0.15) is 0 Å². The fourth-order valence-electron chi connectivity index (χ4n) is 6.68. The highest BCUT2D eigenvalue weighted by atomic mass is 35.5. The van der Waals surface area contributed by atoms with Crippen molar-refractivity contribution in [2.75, 3.05) is 45.2 Å². The zero-order chi connectivity index (χ0) is 32.5. The number of likely N-dealkylation sites (tertiary alicyclic amines) is 1. The average Bonchev–Trinajstić information content (AvgIpc) is 3.45. The normalized spacial score (nSPS) is 18.5. The minimum atomic E-state index is -0.288. The Hall–Kier alpha value is -3.80. The number of ether oxygens (including phenoxy) is 1. The minimum absolute atomic E-state index is 0.0923. The molecule has 4 N–H and O–H groups in total. The number of methoxy groups -OCH3 is 1. The van der Waals surface area contributed by atoms with E-state index in [4.69, 9.17) is 32.9 Å². The van der Waals surface area contributed by atoms with Crippen LogP contribution in [0.3, 0.4) is 0 Å². The Morgan fingerprint density at radius 3 is 2.57 bits per heavy atom. The Morgan fingerprint density at radius 2 is 1.83 bits per heavy atom. The smallest absolute Gasteiger partial charge is 0.220 e. The number of nitrogens with one attached hydrogen (secondary N) is 4. The molecular formula is C35H36Cl2FN7O2. The van der Waals surface area contributed by atoms with Crippen molar-refractivity contribution in [3.05, 3.63) is 87.8 Å². The molecule has 244 valence electrons. The predicted octanol–water partition coefficient (Wildman–Crippen LogP) is 5.78. The first-order valence-electron chi connectivity index (χ1n) is 15.8. The summed E-state index contributed by atoms with van der Waals surface area (Å²) in [7, 11) is 1.58. The van der Waals surface area contributed by atoms with Gasteiger partial charge >= 0.3 is 0 Å². The van der Waals surface area contributed by atoms with Crippen molar-refractivity contribution in [3.63, 3.8) is 0 Å². The number of carbonyl (C=O) groups is 1. The molecule has 2 aromatic heterocycles. The lowest BCUT2D eigenvalue weighted by Gasteiger charge is -2.56. The predicted molar refractivity (Wildman–Crippen MR) is 183 cm³/mol. The molecule has 1 spiro atoms. The van der Waals surface area contributed by atoms with Crippen LogP contribution < -0.4 is 26.0 Å². The van der Waals surface area contributed by atoms with Crippen LogP contribution in [0.5, 0.6) is 5.88 Å². The Balaban J connectivity index is 1.08. The van der Waals surface area contributed by atoms with Gasteiger partial charge in [0, 0.05) is 92.1 Å². The molecule has 47 heavy (non-hydrogen) atoms. The summed E-state index contributed by atoms with van der Waals surface area (Å²) >= 11 is 13.9. The molecule has 3 saturated heterocycles. The number of pyridine rings is 2. The van der Waals surface area contributed by atoms with Gasteiger partial charge in [-0.15, -0.1) is 0 Å². The maximum Gasteiger partial charge on any atom is 0.220 e. The number of rotatable bonds is 11. The highest BCUT2D eigenvalue weighted by Gasteiger charge is 2.47. The van der Waals surface area contributed by atoms with Crippen molar-refractivity contribution in [3.8, 4) is 28.4 Å². The maximum absolute atomic E-state index is 15.7. The molecule has 0 aliphatic carbocycles. The van der Waals surface area contributed by atoms with Crippen LogP contribution in [0.25, 0.3) is 22.5 Å². The molecule has 0 radical (unpaired) electrons. The number of benzene rings is 2. The van der Waals surface area contributed by atoms with E-state index in [-0.39, 0.29) is 17.8 Å². The third kappa shape index (κ3) is 6.53. The first-order valence-corrected chi connectivity index (χ1v) is 16.5. The molecule has 4 aromatic rings. The molecule has 0 saturated carbocycles. The molecular weight excluding hydrogens is 640 g/mol. The van der Waals surface area contributed by atoms with Crippen LogP contribution in [0.2, 0.25) is 10.0 Å². The van der Waals surface area contributed by atoms with E-state index in [9.17, 15) is 4.79 Å². The van der Waals surface area contributed by atoms with Crippen molar-refractivity contribution < 1.29 is 13.9 Å². The van der Waals surface area contributed by atoms with Crippen LogP contribution >= 0.6 is 23.2 Å². The summed E-state index contributed by atoms with van der Waals surface area (Å²) in [5.41, 5.74) is 5.18. The Labute approximate surface area is 283 Å². The average molecular weight is 677 g/mol. The number of hydrogen-bond donors (Lipinski definition) is 4. The van der Waals surface area contributed by atoms with Crippen LogP contribution in [-0.2, 0) is 17.9 Å². The van der Waals surface area contributed by atoms with E-state index in [1.54, 1.807) is 31.5 Å². The van der Waals surface area contributed by atoms with Crippen LogP contribution in [0, 0.1) is 11.2 Å². The van der Waals surface area contributed by atoms with E-state index >= 15 is 4.39 Å². The van der Waals surface area contributed by atoms with E-state index in [0.717, 1.165) is 38.2 Å². The fourth-order valence-corrected chi connectivity index (χ4v) is 7.26. The first-order chi connectivity index (χ1) is 22.8. The Morgan fingerprint density at radius 1 is 1.02 bits per heavy atom. The SMILES string of the molecule is COc1nc(-c2ccnc(-c3cccc(Nc4cccc(CN5CC6(CNC6)C5)c4F)c3Cl)c2Cl)ccc1CNC[C@H]1CCC(=O)N1. The summed E-state index contributed by atoms with van der Waals surface area (Å²) in [6.45, 7) is 5.84. The number of carbonyl (C=O) groups excluding carboxylic acids is 1. The van der Waals surface area contributed by atoms with Gasteiger partial charge in [0.15, 0.2) is 5.82 Å². The molecule has 1 atom stereocenters. The number of nitrogens with zero attached hydrogens (tertiary/aromatic N) is 3. The highest BCUT2D eigenvalue weighted by molar-refractivity contribution is 6.39. The zero-order valence-corrected chi connectivity index (χ0v) is 27.5. The Bertz CT molecular complexity index is 1810. The minimum Gasteiger partial charge on any atom is -0.481 e. The third-order valence-electron chi connectivity index (χ3n) is 9.20. The van der Waals surface area contributed by atoms with E-state index in [1.807, 2.05) is 36.4 Å². The summed E-state index contributed by atoms with van der Waals surface area (Å²) in [6, 6.07) is 16.6. The van der Waals surface area contributed by atoms with E-state index < -0.39 is 0 Å². The third-order valence-corrected chi connectivity index (χ3v) is 9.99. The molecule has 0 bridgehead atoms. The van der Waals surface area contributed by atoms with Crippen molar-refractivity contribution in [2.24, 2.45) is 5.41 Å². The second kappa shape index (κ2) is 13.4. The second-order valence-corrected chi connectivity index (χ2v) is 13.4. The van der Waals surface area contributed by atoms with Crippen LogP contribution in [-0.4, -0.2) is 66.7 Å². The van der Waals surface area contributed by atoms with Crippen LogP contribution in [0.15, 0.2) is 60.8 Å². The van der Waals surface area contributed by atoms with E-state index in [0.29, 0.717) is 86.8 Å². The van der Waals surface area contributed by atoms with E-state index in [2.05, 4.69) is 31.2 Å². The van der Waals surface area contributed by atoms with Gasteiger partial charge in [-0.25, -0.2) is 9.37 Å². The van der Waals surface area contributed by atoms with Crippen molar-refractivity contribution >= 4 is 40.5 Å². The van der Waals surface area contributed by atoms with E-state index in [1.165, 1.54) is 0 Å². The molecule has 2 aromatic carbocycles. The van der Waals surface area contributed by atoms with Crippen LogP contribution in [0.4, 0.5) is 15.8 Å². The molecule has 9 nitrogen and oxygen atoms in total. The van der Waals surface area contributed by atoms with Gasteiger partial charge in [-0.1, -0.05) is 53.5 Å². The molecule has 7 rings (SSSR count). The highest BCUT2D eigenvalue weighted by Crippen LogP contribution is 2.41. The molecule has 12 heteroatoms. The molecule has 5 heterocycles. The molecule has 3 fully saturated rings. The number of anilines is 2. The monoisotopic (exact) mass is 675 g/mol. The van der Waals surface area contributed by atoms with Gasteiger partial charge in [-0.2, -0.15) is 0 Å². The van der Waals surface area contributed by atoms with Gasteiger partial charge in [0.25, 0.3) is 0 Å². The van der Waals surface area contributed by atoms with Crippen molar-refractivity contribution in [1.82, 2.24) is 30.8 Å². The lowest BCUT2D eigenvalue weighted by molar-refractivity contribution is -0.119. The molecule has 3 aliphatic heterocycles. The van der Waals surface area contributed by atoms with Gasteiger partial charge in [-0.3, -0.25) is 14.7 Å². The maximum atomic E-state index is 15.7. The van der Waals surface area contributed by atoms with Gasteiger partial charge < -0.3 is 26.0 Å². The zero-order valence-electron chi connectivity index (χ0n) is 26.0. The quantitative estimate of drug-likeness (QED) is 0.159. The summed E-state index contributed by atoms with van der Waals surface area (Å²) in [6.07, 6.45) is 3.06. The Kier molecular flexibility index (Phi) is 9.04. The summed E-state index contributed by atoms with van der Waals surface area (Å²) in [4.78, 5) is 23.1. The summed E-state index contributed by atoms with van der Waals surface area (Å²) in [5.74, 6) is 0.278. The fraction of sp³-hybridized carbons (Fsp3) is 0.343. The lowest BCUT2D eigenvalue weighted by Crippen LogP contribution is -2.70. The standard InChI is InChI=1S/C35H36Cl2FN7O2/c1-47-34-21(14-39-15-23-9-11-29(46)42-23)8-10-26(44-34)24-12-13-41-33(31(24)37)25-5-3-6-27(30(25)36)43-28-7-2-4-22(32(28)38)16-45-19-35(20-45)17-40-18-35/h2-8,10,12-13,23,39-40,43H,9,11,14-20H2,1H3,(H,42,46)/t23-/m1/s1. The van der Waals surface area contributed by atoms with Gasteiger partial charge in [0.2, 0.25) is 11.8 Å². The lowest BCUT2D eigenvalue weighted by atomic mass is 9.74. The molecule has 0 unspecified atom stereocenters. The van der Waals surface area contributed by atoms with Crippen molar-refractivity contribution in [1.29, 1.82) is 0 Å². The topological polar surface area (TPSA) is 103 Å². The van der Waals surface area contributed by atoms with Crippen LogP contribution in [0.1, 0.15) is 24.0 Å². The van der Waals surface area contributed by atoms with Gasteiger partial charge in [0.05, 0.1) is 39.9 Å². The largest absolute Gasteiger partial charge is 0.481 e. The number of amides is 1. The summed E-state index contributed by atoms with van der Waals surface area (Å²) in [5, 5.41) is 13.6. The van der Waals surface area contributed by atoms with Crippen molar-refractivity contribution in [2.45, 2.75) is 32.0 Å².